The lowest BCUT2D eigenvalue weighted by molar-refractivity contribution is -0.115. The summed E-state index contributed by atoms with van der Waals surface area (Å²) in [6, 6.07) is 2.92. The van der Waals surface area contributed by atoms with Gasteiger partial charge in [-0.25, -0.2) is 8.78 Å². The van der Waals surface area contributed by atoms with E-state index >= 15 is 0 Å². The van der Waals surface area contributed by atoms with Gasteiger partial charge in [-0.05, 0) is 19.1 Å². The fourth-order valence-corrected chi connectivity index (χ4v) is 3.30. The van der Waals surface area contributed by atoms with Gasteiger partial charge >= 0.3 is 0 Å². The van der Waals surface area contributed by atoms with Gasteiger partial charge in [0.2, 0.25) is 11.9 Å². The van der Waals surface area contributed by atoms with Gasteiger partial charge in [0.15, 0.2) is 5.16 Å². The van der Waals surface area contributed by atoms with Crippen LogP contribution in [0.25, 0.3) is 0 Å². The van der Waals surface area contributed by atoms with E-state index < -0.39 is 22.8 Å². The number of hydrogen-bond donors (Lipinski definition) is 1. The Hall–Kier alpha value is -2.20. The molecule has 1 aromatic heterocycles. The zero-order valence-electron chi connectivity index (χ0n) is 14.4. The molecule has 1 saturated heterocycles. The monoisotopic (exact) mass is 383 g/mol. The standard InChI is InChI=1S/C16H19F2N5O2S/c1-10(14(24)19-13-9-11(17)3-4-12(13)18)26-16-21-20-15(22(16)2)23-5-7-25-8-6-23/h3-4,9-10H,5-8H2,1-2H3,(H,19,24). The predicted molar refractivity (Wildman–Crippen MR) is 94.3 cm³/mol. The molecule has 1 fully saturated rings. The molecule has 0 saturated carbocycles. The Kier molecular flexibility index (Phi) is 5.72. The molecule has 1 aliphatic heterocycles. The summed E-state index contributed by atoms with van der Waals surface area (Å²) in [6.45, 7) is 4.39. The number of rotatable bonds is 5. The lowest BCUT2D eigenvalue weighted by Gasteiger charge is -2.27. The fraction of sp³-hybridized carbons (Fsp3) is 0.438. The molecule has 0 bridgehead atoms. The summed E-state index contributed by atoms with van der Waals surface area (Å²) in [5.74, 6) is -1.05. The molecule has 0 radical (unpaired) electrons. The summed E-state index contributed by atoms with van der Waals surface area (Å²) in [6.07, 6.45) is 0. The van der Waals surface area contributed by atoms with Crippen molar-refractivity contribution >= 4 is 29.3 Å². The number of ether oxygens (including phenoxy) is 1. The van der Waals surface area contributed by atoms with Crippen LogP contribution in [-0.4, -0.2) is 52.2 Å². The number of anilines is 2. The van der Waals surface area contributed by atoms with Gasteiger partial charge < -0.3 is 15.0 Å². The van der Waals surface area contributed by atoms with Crippen LogP contribution in [0.1, 0.15) is 6.92 Å². The average Bonchev–Trinajstić information content (AvgIpc) is 2.99. The summed E-state index contributed by atoms with van der Waals surface area (Å²) >= 11 is 1.20. The summed E-state index contributed by atoms with van der Waals surface area (Å²) in [4.78, 5) is 14.4. The average molecular weight is 383 g/mol. The maximum absolute atomic E-state index is 13.7. The maximum atomic E-state index is 13.7. The molecule has 2 heterocycles. The Balaban J connectivity index is 1.65. The molecule has 2 aromatic rings. The largest absolute Gasteiger partial charge is 0.378 e. The van der Waals surface area contributed by atoms with Crippen LogP contribution in [0.3, 0.4) is 0 Å². The highest BCUT2D eigenvalue weighted by Gasteiger charge is 2.22. The van der Waals surface area contributed by atoms with Crippen molar-refractivity contribution in [1.29, 1.82) is 0 Å². The zero-order valence-corrected chi connectivity index (χ0v) is 15.2. The van der Waals surface area contributed by atoms with Crippen LogP contribution < -0.4 is 10.2 Å². The van der Waals surface area contributed by atoms with E-state index in [0.29, 0.717) is 24.3 Å². The first-order valence-electron chi connectivity index (χ1n) is 8.10. The van der Waals surface area contributed by atoms with Gasteiger partial charge in [0.1, 0.15) is 11.6 Å². The molecule has 3 rings (SSSR count). The smallest absolute Gasteiger partial charge is 0.237 e. The molecule has 26 heavy (non-hydrogen) atoms. The van der Waals surface area contributed by atoms with Gasteiger partial charge in [-0.1, -0.05) is 11.8 Å². The van der Waals surface area contributed by atoms with E-state index in [9.17, 15) is 13.6 Å². The number of benzene rings is 1. The highest BCUT2D eigenvalue weighted by atomic mass is 32.2. The van der Waals surface area contributed by atoms with Crippen molar-refractivity contribution in [3.63, 3.8) is 0 Å². The molecule has 1 unspecified atom stereocenters. The number of halogens is 2. The number of carbonyl (C=O) groups excluding carboxylic acids is 1. The van der Waals surface area contributed by atoms with Crippen molar-refractivity contribution in [3.8, 4) is 0 Å². The molecule has 1 aliphatic rings. The number of morpholine rings is 1. The minimum Gasteiger partial charge on any atom is -0.378 e. The van der Waals surface area contributed by atoms with Crippen LogP contribution in [0.4, 0.5) is 20.4 Å². The third kappa shape index (κ3) is 4.13. The lowest BCUT2D eigenvalue weighted by Crippen LogP contribution is -2.37. The number of nitrogens with zero attached hydrogens (tertiary/aromatic N) is 4. The van der Waals surface area contributed by atoms with Crippen LogP contribution in [0.5, 0.6) is 0 Å². The Morgan fingerprint density at radius 3 is 2.77 bits per heavy atom. The fourth-order valence-electron chi connectivity index (χ4n) is 2.49. The Bertz CT molecular complexity index is 795. The normalized spacial score (nSPS) is 15.8. The SMILES string of the molecule is CC(Sc1nnc(N2CCOCC2)n1C)C(=O)Nc1cc(F)ccc1F. The van der Waals surface area contributed by atoms with Gasteiger partial charge in [-0.15, -0.1) is 10.2 Å². The second-order valence-electron chi connectivity index (χ2n) is 5.81. The number of hydrogen-bond acceptors (Lipinski definition) is 6. The van der Waals surface area contributed by atoms with E-state index in [1.165, 1.54) is 11.8 Å². The number of thioether (sulfide) groups is 1. The Morgan fingerprint density at radius 2 is 2.04 bits per heavy atom. The van der Waals surface area contributed by atoms with Crippen LogP contribution in [0, 0.1) is 11.6 Å². The van der Waals surface area contributed by atoms with Crippen molar-refractivity contribution in [1.82, 2.24) is 14.8 Å². The first-order valence-corrected chi connectivity index (χ1v) is 8.98. The van der Waals surface area contributed by atoms with E-state index in [0.717, 1.165) is 31.3 Å². The van der Waals surface area contributed by atoms with E-state index in [-0.39, 0.29) is 5.69 Å². The topological polar surface area (TPSA) is 72.3 Å². The van der Waals surface area contributed by atoms with Crippen LogP contribution in [0.2, 0.25) is 0 Å². The van der Waals surface area contributed by atoms with Crippen molar-refractivity contribution in [3.05, 3.63) is 29.8 Å². The molecular weight excluding hydrogens is 364 g/mol. The third-order valence-corrected chi connectivity index (χ3v) is 5.08. The first-order chi connectivity index (χ1) is 12.5. The molecule has 0 aliphatic carbocycles. The molecule has 1 N–H and O–H groups in total. The maximum Gasteiger partial charge on any atom is 0.237 e. The van der Waals surface area contributed by atoms with E-state index in [1.807, 2.05) is 11.6 Å². The van der Waals surface area contributed by atoms with Gasteiger partial charge in [-0.2, -0.15) is 0 Å². The highest BCUT2D eigenvalue weighted by Crippen LogP contribution is 2.26. The van der Waals surface area contributed by atoms with Gasteiger partial charge in [0, 0.05) is 26.2 Å². The van der Waals surface area contributed by atoms with Gasteiger partial charge in [0.05, 0.1) is 24.2 Å². The Morgan fingerprint density at radius 1 is 1.31 bits per heavy atom. The molecule has 7 nitrogen and oxygen atoms in total. The summed E-state index contributed by atoms with van der Waals surface area (Å²) in [7, 11) is 1.82. The molecule has 1 amide bonds. The highest BCUT2D eigenvalue weighted by molar-refractivity contribution is 8.00. The number of carbonyl (C=O) groups is 1. The number of amides is 1. The first kappa shape index (κ1) is 18.6. The van der Waals surface area contributed by atoms with Crippen LogP contribution >= 0.6 is 11.8 Å². The number of aromatic nitrogens is 3. The molecule has 1 aromatic carbocycles. The van der Waals surface area contributed by atoms with Crippen molar-refractivity contribution in [2.75, 3.05) is 36.5 Å². The summed E-state index contributed by atoms with van der Waals surface area (Å²) in [5, 5.41) is 10.7. The minimum absolute atomic E-state index is 0.186. The van der Waals surface area contributed by atoms with Crippen molar-refractivity contribution in [2.24, 2.45) is 7.05 Å². The lowest BCUT2D eigenvalue weighted by atomic mass is 10.3. The molecule has 10 heteroatoms. The summed E-state index contributed by atoms with van der Waals surface area (Å²) in [5.41, 5.74) is -0.186. The molecular formula is C16H19F2N5O2S. The number of nitrogens with one attached hydrogen (secondary N) is 1. The van der Waals surface area contributed by atoms with Gasteiger partial charge in [-0.3, -0.25) is 9.36 Å². The van der Waals surface area contributed by atoms with E-state index in [1.54, 1.807) is 6.92 Å². The second-order valence-corrected chi connectivity index (χ2v) is 7.12. The minimum atomic E-state index is -0.690. The molecule has 0 spiro atoms. The molecule has 140 valence electrons. The zero-order chi connectivity index (χ0) is 18.7. The van der Waals surface area contributed by atoms with Gasteiger partial charge in [0.25, 0.3) is 0 Å². The van der Waals surface area contributed by atoms with Crippen LogP contribution in [-0.2, 0) is 16.6 Å². The van der Waals surface area contributed by atoms with E-state index in [4.69, 9.17) is 4.74 Å². The van der Waals surface area contributed by atoms with E-state index in [2.05, 4.69) is 20.4 Å². The molecule has 1 atom stereocenters. The van der Waals surface area contributed by atoms with Crippen LogP contribution in [0.15, 0.2) is 23.4 Å². The van der Waals surface area contributed by atoms with Crippen molar-refractivity contribution < 1.29 is 18.3 Å². The van der Waals surface area contributed by atoms with Crippen molar-refractivity contribution in [2.45, 2.75) is 17.3 Å². The Labute approximate surface area is 153 Å². The third-order valence-electron chi connectivity index (χ3n) is 3.94. The summed E-state index contributed by atoms with van der Waals surface area (Å²) < 4.78 is 34.0. The predicted octanol–water partition coefficient (Wildman–Crippen LogP) is 2.05. The second kappa shape index (κ2) is 8.00. The quantitative estimate of drug-likeness (QED) is 0.797.